The van der Waals surface area contributed by atoms with Crippen LogP contribution in [0.4, 0.5) is 5.69 Å². The fourth-order valence-electron chi connectivity index (χ4n) is 2.10. The van der Waals surface area contributed by atoms with Crippen molar-refractivity contribution < 1.29 is 13.2 Å². The van der Waals surface area contributed by atoms with Crippen LogP contribution in [-0.4, -0.2) is 32.8 Å². The summed E-state index contributed by atoms with van der Waals surface area (Å²) in [4.78, 5) is 12.2. The van der Waals surface area contributed by atoms with Crippen LogP contribution in [0.3, 0.4) is 0 Å². The van der Waals surface area contributed by atoms with E-state index in [-0.39, 0.29) is 0 Å². The third-order valence-electron chi connectivity index (χ3n) is 3.39. The van der Waals surface area contributed by atoms with Crippen LogP contribution in [0.1, 0.15) is 12.5 Å². The Labute approximate surface area is 162 Å². The highest BCUT2D eigenvalue weighted by molar-refractivity contribution is 7.92. The second-order valence-corrected chi connectivity index (χ2v) is 8.27. The lowest BCUT2D eigenvalue weighted by molar-refractivity contribution is -0.119. The molecule has 2 aromatic carbocycles. The Balaban J connectivity index is 2.12. The number of hydrogen-bond donors (Lipinski definition) is 1. The SMILES string of the molecule is C/C(=N/NC(=O)CN(c1cccc(Cl)c1)S(C)(=O)=O)c1ccc(Cl)cc1. The molecule has 0 aromatic heterocycles. The molecule has 1 amide bonds. The minimum Gasteiger partial charge on any atom is -0.271 e. The number of hydrazone groups is 1. The maximum Gasteiger partial charge on any atom is 0.260 e. The number of nitrogens with zero attached hydrogens (tertiary/aromatic N) is 2. The highest BCUT2D eigenvalue weighted by Gasteiger charge is 2.21. The van der Waals surface area contributed by atoms with Gasteiger partial charge < -0.3 is 0 Å². The van der Waals surface area contributed by atoms with Crippen LogP contribution >= 0.6 is 23.2 Å². The summed E-state index contributed by atoms with van der Waals surface area (Å²) in [7, 11) is -3.67. The summed E-state index contributed by atoms with van der Waals surface area (Å²) in [5, 5.41) is 4.96. The number of carbonyl (C=O) groups excluding carboxylic acids is 1. The zero-order valence-corrected chi connectivity index (χ0v) is 16.4. The Bertz CT molecular complexity index is 929. The largest absolute Gasteiger partial charge is 0.271 e. The van der Waals surface area contributed by atoms with Gasteiger partial charge in [-0.25, -0.2) is 13.8 Å². The lowest BCUT2D eigenvalue weighted by Gasteiger charge is -2.21. The lowest BCUT2D eigenvalue weighted by Crippen LogP contribution is -2.39. The van der Waals surface area contributed by atoms with Crippen LogP contribution in [0.2, 0.25) is 10.0 Å². The van der Waals surface area contributed by atoms with Crippen molar-refractivity contribution in [2.45, 2.75) is 6.92 Å². The number of hydrogen-bond acceptors (Lipinski definition) is 4. The maximum absolute atomic E-state index is 12.2. The van der Waals surface area contributed by atoms with E-state index in [1.54, 1.807) is 49.4 Å². The Kier molecular flexibility index (Phi) is 6.63. The molecule has 0 spiro atoms. The van der Waals surface area contributed by atoms with Crippen LogP contribution in [0.5, 0.6) is 0 Å². The van der Waals surface area contributed by atoms with Crippen LogP contribution < -0.4 is 9.73 Å². The molecule has 1 N–H and O–H groups in total. The van der Waals surface area contributed by atoms with E-state index in [1.165, 1.54) is 6.07 Å². The van der Waals surface area contributed by atoms with Crippen LogP contribution in [0.25, 0.3) is 0 Å². The Morgan fingerprint density at radius 1 is 1.12 bits per heavy atom. The predicted molar refractivity (Wildman–Crippen MR) is 105 cm³/mol. The highest BCUT2D eigenvalue weighted by atomic mass is 35.5. The van der Waals surface area contributed by atoms with Crippen LogP contribution in [-0.2, 0) is 14.8 Å². The standard InChI is InChI=1S/C17H17Cl2N3O3S/c1-12(13-6-8-14(18)9-7-13)20-21-17(23)11-22(26(2,24)25)16-5-3-4-15(19)10-16/h3-10H,11H2,1-2H3,(H,21,23)/b20-12-. The molecule has 0 saturated heterocycles. The molecule has 0 aliphatic carbocycles. The predicted octanol–water partition coefficient (Wildman–Crippen LogP) is 3.30. The molecule has 138 valence electrons. The Morgan fingerprint density at radius 3 is 2.35 bits per heavy atom. The molecule has 0 radical (unpaired) electrons. The fourth-order valence-corrected chi connectivity index (χ4v) is 3.26. The number of sulfonamides is 1. The van der Waals surface area contributed by atoms with Gasteiger partial charge in [0, 0.05) is 10.0 Å². The summed E-state index contributed by atoms with van der Waals surface area (Å²) in [6.07, 6.45) is 1.02. The minimum atomic E-state index is -3.67. The molecule has 9 heteroatoms. The van der Waals surface area contributed by atoms with Gasteiger partial charge in [0.2, 0.25) is 10.0 Å². The highest BCUT2D eigenvalue weighted by Crippen LogP contribution is 2.21. The average Bonchev–Trinajstić information content (AvgIpc) is 2.57. The van der Waals surface area contributed by atoms with Crippen molar-refractivity contribution in [1.82, 2.24) is 5.43 Å². The Hall–Kier alpha value is -2.09. The first-order valence-corrected chi connectivity index (χ1v) is 10.1. The van der Waals surface area contributed by atoms with Gasteiger partial charge >= 0.3 is 0 Å². The van der Waals surface area contributed by atoms with Crippen molar-refractivity contribution in [3.05, 3.63) is 64.1 Å². The maximum atomic E-state index is 12.2. The third-order valence-corrected chi connectivity index (χ3v) is 5.02. The molecule has 2 aromatic rings. The number of benzene rings is 2. The molecule has 6 nitrogen and oxygen atoms in total. The quantitative estimate of drug-likeness (QED) is 0.582. The average molecular weight is 414 g/mol. The number of carbonyl (C=O) groups is 1. The monoisotopic (exact) mass is 413 g/mol. The number of halogens is 2. The second kappa shape index (κ2) is 8.53. The van der Waals surface area contributed by atoms with E-state index in [9.17, 15) is 13.2 Å². The van der Waals surface area contributed by atoms with Crippen LogP contribution in [0.15, 0.2) is 53.6 Å². The molecule has 0 fully saturated rings. The van der Waals surface area contributed by atoms with E-state index in [1.807, 2.05) is 0 Å². The molecule has 0 aliphatic heterocycles. The number of anilines is 1. The fraction of sp³-hybridized carbons (Fsp3) is 0.176. The van der Waals surface area contributed by atoms with E-state index < -0.39 is 22.5 Å². The molecule has 0 aliphatic rings. The first kappa shape index (κ1) is 20.2. The van der Waals surface area contributed by atoms with Crippen molar-refractivity contribution in [3.8, 4) is 0 Å². The molecule has 0 saturated carbocycles. The second-order valence-electron chi connectivity index (χ2n) is 5.49. The zero-order chi connectivity index (χ0) is 19.3. The molecule has 0 heterocycles. The molecule has 2 rings (SSSR count). The van der Waals surface area contributed by atoms with E-state index in [0.717, 1.165) is 16.1 Å². The Morgan fingerprint density at radius 2 is 1.77 bits per heavy atom. The smallest absolute Gasteiger partial charge is 0.260 e. The molecule has 0 atom stereocenters. The van der Waals surface area contributed by atoms with Crippen molar-refractivity contribution >= 4 is 50.5 Å². The van der Waals surface area contributed by atoms with Crippen LogP contribution in [0, 0.1) is 0 Å². The summed E-state index contributed by atoms with van der Waals surface area (Å²) in [5.74, 6) is -0.580. The lowest BCUT2D eigenvalue weighted by atomic mass is 10.1. The first-order valence-electron chi connectivity index (χ1n) is 7.49. The van der Waals surface area contributed by atoms with Gasteiger partial charge in [-0.1, -0.05) is 41.4 Å². The number of rotatable bonds is 6. The summed E-state index contributed by atoms with van der Waals surface area (Å²) in [6.45, 7) is 1.30. The molecular formula is C17H17Cl2N3O3S. The van der Waals surface area contributed by atoms with Gasteiger partial charge in [-0.15, -0.1) is 0 Å². The van der Waals surface area contributed by atoms with Crippen molar-refractivity contribution in [2.24, 2.45) is 5.10 Å². The van der Waals surface area contributed by atoms with Gasteiger partial charge in [0.25, 0.3) is 5.91 Å². The summed E-state index contributed by atoms with van der Waals surface area (Å²) in [6, 6.07) is 13.2. The normalized spacial score (nSPS) is 11.9. The zero-order valence-electron chi connectivity index (χ0n) is 14.1. The molecule has 0 unspecified atom stereocenters. The van der Waals surface area contributed by atoms with E-state index in [2.05, 4.69) is 10.5 Å². The van der Waals surface area contributed by atoms with Gasteiger partial charge in [0.15, 0.2) is 0 Å². The topological polar surface area (TPSA) is 78.8 Å². The summed E-state index contributed by atoms with van der Waals surface area (Å²) in [5.41, 5.74) is 4.00. The van der Waals surface area contributed by atoms with Crippen molar-refractivity contribution in [3.63, 3.8) is 0 Å². The third kappa shape index (κ3) is 5.72. The molecule has 26 heavy (non-hydrogen) atoms. The molecule has 0 bridgehead atoms. The summed E-state index contributed by atoms with van der Waals surface area (Å²) < 4.78 is 25.0. The van der Waals surface area contributed by atoms with Gasteiger partial charge in [-0.2, -0.15) is 5.10 Å². The van der Waals surface area contributed by atoms with E-state index in [0.29, 0.717) is 21.4 Å². The number of nitrogens with one attached hydrogen (secondary N) is 1. The molecular weight excluding hydrogens is 397 g/mol. The van der Waals surface area contributed by atoms with Gasteiger partial charge in [-0.3, -0.25) is 9.10 Å². The van der Waals surface area contributed by atoms with Gasteiger partial charge in [0.05, 0.1) is 17.7 Å². The van der Waals surface area contributed by atoms with Crippen molar-refractivity contribution in [2.75, 3.05) is 17.1 Å². The van der Waals surface area contributed by atoms with Gasteiger partial charge in [-0.05, 0) is 42.8 Å². The van der Waals surface area contributed by atoms with Crippen molar-refractivity contribution in [1.29, 1.82) is 0 Å². The summed E-state index contributed by atoms with van der Waals surface area (Å²) >= 11 is 11.7. The van der Waals surface area contributed by atoms with Gasteiger partial charge in [0.1, 0.15) is 6.54 Å². The van der Waals surface area contributed by atoms with E-state index >= 15 is 0 Å². The number of amides is 1. The first-order chi connectivity index (χ1) is 12.2. The minimum absolute atomic E-state index is 0.300. The van der Waals surface area contributed by atoms with E-state index in [4.69, 9.17) is 23.2 Å².